The third kappa shape index (κ3) is 8.21. The summed E-state index contributed by atoms with van der Waals surface area (Å²) in [5.41, 5.74) is 3.77. The minimum Gasteiger partial charge on any atom is -0.355 e. The summed E-state index contributed by atoms with van der Waals surface area (Å²) >= 11 is 12.6. The smallest absolute Gasteiger partial charge is 0.253 e. The molecule has 0 bridgehead atoms. The Bertz CT molecular complexity index is 1230. The van der Waals surface area contributed by atoms with Crippen LogP contribution in [-0.2, 0) is 0 Å². The minimum atomic E-state index is -0.0565. The molecule has 0 aliphatic carbocycles. The summed E-state index contributed by atoms with van der Waals surface area (Å²) in [6, 6.07) is 23.2. The highest BCUT2D eigenvalue weighted by molar-refractivity contribution is 6.42. The molecule has 39 heavy (non-hydrogen) atoms. The molecule has 1 fully saturated rings. The van der Waals surface area contributed by atoms with Gasteiger partial charge in [0.1, 0.15) is 0 Å². The van der Waals surface area contributed by atoms with Gasteiger partial charge < -0.3 is 15.1 Å². The predicted octanol–water partition coefficient (Wildman–Crippen LogP) is 6.90. The number of piperidine rings is 1. The van der Waals surface area contributed by atoms with Crippen molar-refractivity contribution < 1.29 is 9.59 Å². The van der Waals surface area contributed by atoms with E-state index in [9.17, 15) is 9.59 Å². The maximum atomic E-state index is 13.0. The van der Waals surface area contributed by atoms with Crippen LogP contribution in [0.2, 0.25) is 10.0 Å². The van der Waals surface area contributed by atoms with Gasteiger partial charge in [-0.1, -0.05) is 59.6 Å². The molecule has 1 aliphatic heterocycles. The number of benzene rings is 3. The highest BCUT2D eigenvalue weighted by Crippen LogP contribution is 2.31. The topological polar surface area (TPSA) is 52.7 Å². The Balaban J connectivity index is 0.00000420. The second-order valence-corrected chi connectivity index (χ2v) is 10.8. The fraction of sp³-hybridized carbons (Fsp3) is 0.355. The van der Waals surface area contributed by atoms with Crippen LogP contribution in [0.1, 0.15) is 62.9 Å². The van der Waals surface area contributed by atoms with Crippen LogP contribution >= 0.6 is 35.6 Å². The molecular weight excluding hydrogens is 553 g/mol. The lowest BCUT2D eigenvalue weighted by Crippen LogP contribution is -2.36. The zero-order valence-electron chi connectivity index (χ0n) is 22.4. The van der Waals surface area contributed by atoms with Gasteiger partial charge in [-0.05, 0) is 92.3 Å². The SMILES string of the molecule is CNC(=O)c1ccc(C2CCN(CCC(CN(C)C(=O)c3ccccc3)c3ccc(Cl)c(Cl)c3)CC2)cc1.Cl. The van der Waals surface area contributed by atoms with Gasteiger partial charge >= 0.3 is 0 Å². The van der Waals surface area contributed by atoms with E-state index in [1.165, 1.54) is 5.56 Å². The van der Waals surface area contributed by atoms with E-state index in [4.69, 9.17) is 23.2 Å². The van der Waals surface area contributed by atoms with Gasteiger partial charge in [0.15, 0.2) is 0 Å². The lowest BCUT2D eigenvalue weighted by atomic mass is 9.88. The van der Waals surface area contributed by atoms with Crippen LogP contribution in [0.25, 0.3) is 0 Å². The fourth-order valence-electron chi connectivity index (χ4n) is 5.22. The molecule has 1 atom stereocenters. The van der Waals surface area contributed by atoms with Crippen LogP contribution in [0.3, 0.4) is 0 Å². The number of halogens is 3. The number of hydrogen-bond donors (Lipinski definition) is 1. The van der Waals surface area contributed by atoms with Crippen molar-refractivity contribution in [1.82, 2.24) is 15.1 Å². The first-order valence-electron chi connectivity index (χ1n) is 13.2. The average Bonchev–Trinajstić information content (AvgIpc) is 2.96. The van der Waals surface area contributed by atoms with Crippen molar-refractivity contribution in [2.75, 3.05) is 40.3 Å². The molecule has 4 rings (SSSR count). The first kappa shape index (κ1) is 31.0. The van der Waals surface area contributed by atoms with E-state index in [0.29, 0.717) is 33.6 Å². The van der Waals surface area contributed by atoms with E-state index in [0.717, 1.165) is 44.5 Å². The molecule has 1 aliphatic rings. The summed E-state index contributed by atoms with van der Waals surface area (Å²) in [6.07, 6.45) is 3.09. The van der Waals surface area contributed by atoms with Crippen molar-refractivity contribution in [2.24, 2.45) is 0 Å². The van der Waals surface area contributed by atoms with Crippen molar-refractivity contribution in [1.29, 1.82) is 0 Å². The van der Waals surface area contributed by atoms with E-state index in [1.54, 1.807) is 11.9 Å². The molecule has 1 unspecified atom stereocenters. The third-order valence-electron chi connectivity index (χ3n) is 7.53. The first-order valence-corrected chi connectivity index (χ1v) is 13.9. The number of carbonyl (C=O) groups excluding carboxylic acids is 2. The molecule has 3 aromatic carbocycles. The lowest BCUT2D eigenvalue weighted by molar-refractivity contribution is 0.0781. The van der Waals surface area contributed by atoms with Crippen molar-refractivity contribution in [3.05, 3.63) is 105 Å². The number of rotatable bonds is 9. The Labute approximate surface area is 247 Å². The maximum Gasteiger partial charge on any atom is 0.253 e. The van der Waals surface area contributed by atoms with Gasteiger partial charge in [-0.2, -0.15) is 0 Å². The third-order valence-corrected chi connectivity index (χ3v) is 8.27. The van der Waals surface area contributed by atoms with Crippen LogP contribution in [0, 0.1) is 0 Å². The second kappa shape index (κ2) is 14.7. The highest BCUT2D eigenvalue weighted by atomic mass is 35.5. The van der Waals surface area contributed by atoms with E-state index >= 15 is 0 Å². The summed E-state index contributed by atoms with van der Waals surface area (Å²) in [7, 11) is 3.51. The zero-order valence-corrected chi connectivity index (χ0v) is 24.7. The molecular formula is C31H36Cl3N3O2. The van der Waals surface area contributed by atoms with Crippen LogP contribution in [0.4, 0.5) is 0 Å². The number of hydrogen-bond acceptors (Lipinski definition) is 3. The lowest BCUT2D eigenvalue weighted by Gasteiger charge is -2.34. The summed E-state index contributed by atoms with van der Waals surface area (Å²) in [4.78, 5) is 29.2. The Morgan fingerprint density at radius 1 is 0.949 bits per heavy atom. The van der Waals surface area contributed by atoms with Crippen LogP contribution in [0.15, 0.2) is 72.8 Å². The highest BCUT2D eigenvalue weighted by Gasteiger charge is 2.24. The molecule has 5 nitrogen and oxygen atoms in total. The Morgan fingerprint density at radius 2 is 1.62 bits per heavy atom. The average molecular weight is 589 g/mol. The van der Waals surface area contributed by atoms with Gasteiger partial charge in [0.2, 0.25) is 0 Å². The van der Waals surface area contributed by atoms with Crippen LogP contribution in [-0.4, -0.2) is 61.9 Å². The standard InChI is InChI=1S/C31H35Cl2N3O2.ClH/c1-34-30(37)24-10-8-22(9-11-24)23-14-17-36(18-15-23)19-16-27(26-12-13-28(32)29(33)20-26)21-35(2)31(38)25-6-4-3-5-7-25;/h3-13,20,23,27H,14-19,21H2,1-2H3,(H,34,37);1H. The monoisotopic (exact) mass is 587 g/mol. The van der Waals surface area contributed by atoms with Gasteiger partial charge in [-0.15, -0.1) is 12.4 Å². The van der Waals surface area contributed by atoms with E-state index in [-0.39, 0.29) is 30.1 Å². The summed E-state index contributed by atoms with van der Waals surface area (Å²) in [6.45, 7) is 3.59. The molecule has 8 heteroatoms. The summed E-state index contributed by atoms with van der Waals surface area (Å²) < 4.78 is 0. The number of nitrogens with zero attached hydrogens (tertiary/aromatic N) is 2. The summed E-state index contributed by atoms with van der Waals surface area (Å²) in [5.74, 6) is 0.598. The van der Waals surface area contributed by atoms with Gasteiger partial charge in [-0.25, -0.2) is 0 Å². The maximum absolute atomic E-state index is 13.0. The normalized spacial score (nSPS) is 14.8. The number of carbonyl (C=O) groups is 2. The van der Waals surface area contributed by atoms with Crippen molar-refractivity contribution >= 4 is 47.4 Å². The van der Waals surface area contributed by atoms with Crippen LogP contribution in [0.5, 0.6) is 0 Å². The molecule has 0 radical (unpaired) electrons. The van der Waals surface area contributed by atoms with Crippen LogP contribution < -0.4 is 5.32 Å². The van der Waals surface area contributed by atoms with Crippen molar-refractivity contribution in [3.63, 3.8) is 0 Å². The van der Waals surface area contributed by atoms with Gasteiger partial charge in [0, 0.05) is 37.7 Å². The molecule has 1 N–H and O–H groups in total. The Morgan fingerprint density at radius 3 is 2.23 bits per heavy atom. The molecule has 0 aromatic heterocycles. The second-order valence-electron chi connectivity index (χ2n) is 10.0. The predicted molar refractivity (Wildman–Crippen MR) is 163 cm³/mol. The number of amides is 2. The number of nitrogens with one attached hydrogen (secondary N) is 1. The zero-order chi connectivity index (χ0) is 27.1. The first-order chi connectivity index (χ1) is 18.4. The molecule has 1 saturated heterocycles. The van der Waals surface area contributed by atoms with E-state index in [1.807, 2.05) is 67.7 Å². The molecule has 208 valence electrons. The largest absolute Gasteiger partial charge is 0.355 e. The van der Waals surface area contributed by atoms with Crippen molar-refractivity contribution in [2.45, 2.75) is 31.1 Å². The van der Waals surface area contributed by atoms with E-state index in [2.05, 4.69) is 22.3 Å². The number of likely N-dealkylation sites (tertiary alicyclic amines) is 1. The molecule has 0 saturated carbocycles. The van der Waals surface area contributed by atoms with Gasteiger partial charge in [-0.3, -0.25) is 9.59 Å². The Kier molecular flexibility index (Phi) is 11.7. The van der Waals surface area contributed by atoms with Gasteiger partial charge in [0.25, 0.3) is 11.8 Å². The fourth-order valence-corrected chi connectivity index (χ4v) is 5.53. The number of likely N-dealkylation sites (N-methyl/N-ethyl adjacent to an activating group) is 1. The molecule has 1 heterocycles. The molecule has 3 aromatic rings. The van der Waals surface area contributed by atoms with E-state index < -0.39 is 0 Å². The van der Waals surface area contributed by atoms with Crippen molar-refractivity contribution in [3.8, 4) is 0 Å². The Hall–Kier alpha value is -2.57. The summed E-state index contributed by atoms with van der Waals surface area (Å²) in [5, 5.41) is 3.74. The molecule has 0 spiro atoms. The van der Waals surface area contributed by atoms with Gasteiger partial charge in [0.05, 0.1) is 10.0 Å². The quantitative estimate of drug-likeness (QED) is 0.296. The minimum absolute atomic E-state index is 0. The molecule has 2 amide bonds.